The van der Waals surface area contributed by atoms with Crippen LogP contribution in [0.3, 0.4) is 0 Å². The zero-order valence-electron chi connectivity index (χ0n) is 12.7. The number of aryl methyl sites for hydroxylation is 1. The number of nitrogens with one attached hydrogen (secondary N) is 1. The molecular formula is C19H27N. The van der Waals surface area contributed by atoms with E-state index in [4.69, 9.17) is 0 Å². The van der Waals surface area contributed by atoms with Crippen molar-refractivity contribution in [3.05, 3.63) is 36.0 Å². The Morgan fingerprint density at radius 1 is 1.05 bits per heavy atom. The molecule has 0 bridgehead atoms. The molecule has 20 heavy (non-hydrogen) atoms. The van der Waals surface area contributed by atoms with E-state index in [0.717, 1.165) is 11.8 Å². The molecular weight excluding hydrogens is 242 g/mol. The number of rotatable bonds is 5. The number of aromatic amines is 1. The maximum absolute atomic E-state index is 3.38. The van der Waals surface area contributed by atoms with Crippen LogP contribution in [0.15, 0.2) is 30.5 Å². The van der Waals surface area contributed by atoms with Gasteiger partial charge in [-0.3, -0.25) is 0 Å². The Labute approximate surface area is 122 Å². The predicted octanol–water partition coefficient (Wildman–Crippen LogP) is 5.71. The van der Waals surface area contributed by atoms with E-state index in [1.807, 2.05) is 0 Å². The van der Waals surface area contributed by atoms with E-state index in [1.165, 1.54) is 67.8 Å². The number of fused-ring (bicyclic) bond motifs is 1. The number of aromatic nitrogens is 1. The molecule has 0 spiro atoms. The lowest BCUT2D eigenvalue weighted by Gasteiger charge is -2.25. The minimum atomic E-state index is 0.984. The summed E-state index contributed by atoms with van der Waals surface area (Å²) in [5.41, 5.74) is 2.78. The standard InChI is InChI=1S/C19H27N/c1-15-10-12-16(13-11-15)6-2-3-7-17-14-20-19-9-5-4-8-18(17)19/h4-5,8-9,14-16,20H,2-3,6-7,10-13H2,1H3. The number of para-hydroxylation sites is 1. The van der Waals surface area contributed by atoms with Crippen molar-refractivity contribution in [2.24, 2.45) is 11.8 Å². The fraction of sp³-hybridized carbons (Fsp3) is 0.579. The average molecular weight is 269 g/mol. The third-order valence-electron chi connectivity index (χ3n) is 5.12. The summed E-state index contributed by atoms with van der Waals surface area (Å²) < 4.78 is 0. The first-order valence-corrected chi connectivity index (χ1v) is 8.38. The predicted molar refractivity (Wildman–Crippen MR) is 87.0 cm³/mol. The van der Waals surface area contributed by atoms with Crippen LogP contribution in [0, 0.1) is 11.8 Å². The summed E-state index contributed by atoms with van der Waals surface area (Å²) in [4.78, 5) is 3.38. The Morgan fingerprint density at radius 2 is 1.85 bits per heavy atom. The van der Waals surface area contributed by atoms with Crippen molar-refractivity contribution in [2.45, 2.75) is 58.3 Å². The van der Waals surface area contributed by atoms with Crippen LogP contribution in [-0.4, -0.2) is 4.98 Å². The number of H-pyrrole nitrogens is 1. The van der Waals surface area contributed by atoms with Gasteiger partial charge in [-0.05, 0) is 36.3 Å². The Bertz CT molecular complexity index is 531. The maximum Gasteiger partial charge on any atom is 0.0456 e. The molecule has 2 aromatic rings. The second-order valence-corrected chi connectivity index (χ2v) is 6.73. The highest BCUT2D eigenvalue weighted by molar-refractivity contribution is 5.82. The normalized spacial score (nSPS) is 23.2. The number of hydrogen-bond acceptors (Lipinski definition) is 0. The smallest absolute Gasteiger partial charge is 0.0456 e. The van der Waals surface area contributed by atoms with Gasteiger partial charge in [0.2, 0.25) is 0 Å². The lowest BCUT2D eigenvalue weighted by Crippen LogP contribution is -2.12. The molecule has 0 aliphatic heterocycles. The summed E-state index contributed by atoms with van der Waals surface area (Å²) in [6, 6.07) is 8.65. The number of unbranched alkanes of at least 4 members (excludes halogenated alkanes) is 1. The first kappa shape index (κ1) is 13.7. The van der Waals surface area contributed by atoms with Crippen molar-refractivity contribution < 1.29 is 0 Å². The molecule has 1 aromatic carbocycles. The molecule has 108 valence electrons. The molecule has 1 saturated carbocycles. The third kappa shape index (κ3) is 3.26. The minimum absolute atomic E-state index is 0.984. The molecule has 0 radical (unpaired) electrons. The summed E-state index contributed by atoms with van der Waals surface area (Å²) in [6.07, 6.45) is 13.5. The lowest BCUT2D eigenvalue weighted by atomic mass is 9.80. The van der Waals surface area contributed by atoms with E-state index < -0.39 is 0 Å². The highest BCUT2D eigenvalue weighted by atomic mass is 14.7. The zero-order chi connectivity index (χ0) is 13.8. The molecule has 1 aliphatic rings. The Balaban J connectivity index is 1.44. The first-order valence-electron chi connectivity index (χ1n) is 8.38. The monoisotopic (exact) mass is 269 g/mol. The average Bonchev–Trinajstić information content (AvgIpc) is 2.89. The minimum Gasteiger partial charge on any atom is -0.361 e. The van der Waals surface area contributed by atoms with E-state index >= 15 is 0 Å². The SMILES string of the molecule is CC1CCC(CCCCc2c[nH]c3ccccc23)CC1. The molecule has 0 atom stereocenters. The summed E-state index contributed by atoms with van der Waals surface area (Å²) in [5.74, 6) is 2.01. The summed E-state index contributed by atoms with van der Waals surface area (Å²) in [7, 11) is 0. The zero-order valence-corrected chi connectivity index (χ0v) is 12.7. The van der Waals surface area contributed by atoms with Gasteiger partial charge in [0.15, 0.2) is 0 Å². The molecule has 1 N–H and O–H groups in total. The van der Waals surface area contributed by atoms with E-state index in [0.29, 0.717) is 0 Å². The number of benzene rings is 1. The van der Waals surface area contributed by atoms with Gasteiger partial charge in [-0.25, -0.2) is 0 Å². The van der Waals surface area contributed by atoms with Crippen molar-refractivity contribution >= 4 is 10.9 Å². The quantitative estimate of drug-likeness (QED) is 0.669. The van der Waals surface area contributed by atoms with Crippen LogP contribution in [0.4, 0.5) is 0 Å². The Hall–Kier alpha value is -1.24. The van der Waals surface area contributed by atoms with Gasteiger partial charge in [-0.2, -0.15) is 0 Å². The van der Waals surface area contributed by atoms with E-state index in [9.17, 15) is 0 Å². The maximum atomic E-state index is 3.38. The van der Waals surface area contributed by atoms with E-state index in [2.05, 4.69) is 42.4 Å². The van der Waals surface area contributed by atoms with E-state index in [1.54, 1.807) is 0 Å². The van der Waals surface area contributed by atoms with E-state index in [-0.39, 0.29) is 0 Å². The molecule has 1 heteroatoms. The molecule has 0 unspecified atom stereocenters. The van der Waals surface area contributed by atoms with Gasteiger partial charge in [0.05, 0.1) is 0 Å². The van der Waals surface area contributed by atoms with Crippen molar-refractivity contribution in [3.8, 4) is 0 Å². The second kappa shape index (κ2) is 6.47. The van der Waals surface area contributed by atoms with Crippen LogP contribution < -0.4 is 0 Å². The molecule has 1 aliphatic carbocycles. The van der Waals surface area contributed by atoms with Crippen molar-refractivity contribution in [1.82, 2.24) is 4.98 Å². The summed E-state index contributed by atoms with van der Waals surface area (Å²) in [6.45, 7) is 2.41. The van der Waals surface area contributed by atoms with Gasteiger partial charge in [0, 0.05) is 17.1 Å². The Morgan fingerprint density at radius 3 is 2.70 bits per heavy atom. The molecule has 0 saturated heterocycles. The summed E-state index contributed by atoms with van der Waals surface area (Å²) >= 11 is 0. The Kier molecular flexibility index (Phi) is 4.44. The van der Waals surface area contributed by atoms with Crippen LogP contribution in [0.25, 0.3) is 10.9 Å². The van der Waals surface area contributed by atoms with Gasteiger partial charge in [-0.15, -0.1) is 0 Å². The molecule has 0 amide bonds. The fourth-order valence-corrected chi connectivity index (χ4v) is 3.70. The van der Waals surface area contributed by atoms with Crippen LogP contribution in [0.2, 0.25) is 0 Å². The van der Waals surface area contributed by atoms with Crippen LogP contribution in [-0.2, 0) is 6.42 Å². The summed E-state index contributed by atoms with van der Waals surface area (Å²) in [5, 5.41) is 1.42. The molecule has 1 fully saturated rings. The molecule has 1 nitrogen and oxygen atoms in total. The molecule has 1 aromatic heterocycles. The van der Waals surface area contributed by atoms with Crippen LogP contribution >= 0.6 is 0 Å². The van der Waals surface area contributed by atoms with Gasteiger partial charge in [-0.1, -0.05) is 63.6 Å². The molecule has 3 rings (SSSR count). The van der Waals surface area contributed by atoms with Gasteiger partial charge in [0.1, 0.15) is 0 Å². The third-order valence-corrected chi connectivity index (χ3v) is 5.12. The number of hydrogen-bond donors (Lipinski definition) is 1. The van der Waals surface area contributed by atoms with Gasteiger partial charge >= 0.3 is 0 Å². The van der Waals surface area contributed by atoms with Crippen LogP contribution in [0.1, 0.15) is 57.4 Å². The highest BCUT2D eigenvalue weighted by Crippen LogP contribution is 2.31. The largest absolute Gasteiger partial charge is 0.361 e. The molecule has 1 heterocycles. The van der Waals surface area contributed by atoms with Crippen molar-refractivity contribution in [2.75, 3.05) is 0 Å². The topological polar surface area (TPSA) is 15.8 Å². The first-order chi connectivity index (χ1) is 9.83. The lowest BCUT2D eigenvalue weighted by molar-refractivity contribution is 0.272. The van der Waals surface area contributed by atoms with Gasteiger partial charge < -0.3 is 4.98 Å². The fourth-order valence-electron chi connectivity index (χ4n) is 3.70. The highest BCUT2D eigenvalue weighted by Gasteiger charge is 2.17. The van der Waals surface area contributed by atoms with Gasteiger partial charge in [0.25, 0.3) is 0 Å². The van der Waals surface area contributed by atoms with Crippen molar-refractivity contribution in [3.63, 3.8) is 0 Å². The van der Waals surface area contributed by atoms with Crippen LogP contribution in [0.5, 0.6) is 0 Å². The second-order valence-electron chi connectivity index (χ2n) is 6.73. The van der Waals surface area contributed by atoms with Crippen molar-refractivity contribution in [1.29, 1.82) is 0 Å².